The van der Waals surface area contributed by atoms with Crippen molar-refractivity contribution in [3.05, 3.63) is 30.2 Å². The van der Waals surface area contributed by atoms with Crippen LogP contribution in [-0.4, -0.2) is 27.4 Å². The van der Waals surface area contributed by atoms with Crippen LogP contribution in [0.3, 0.4) is 0 Å². The van der Waals surface area contributed by atoms with Crippen molar-refractivity contribution >= 4 is 5.97 Å². The van der Waals surface area contributed by atoms with E-state index < -0.39 is 5.97 Å². The van der Waals surface area contributed by atoms with E-state index in [9.17, 15) is 4.79 Å². The number of hydrogen-bond donors (Lipinski definition) is 1. The highest BCUT2D eigenvalue weighted by Gasteiger charge is 2.26. The van der Waals surface area contributed by atoms with Crippen LogP contribution in [0.25, 0.3) is 11.3 Å². The molecule has 1 unspecified atom stereocenters. The van der Waals surface area contributed by atoms with Gasteiger partial charge in [0.1, 0.15) is 5.82 Å². The van der Waals surface area contributed by atoms with E-state index in [4.69, 9.17) is 14.6 Å². The summed E-state index contributed by atoms with van der Waals surface area (Å²) in [6.07, 6.45) is 3.12. The molecule has 1 aromatic carbocycles. The van der Waals surface area contributed by atoms with Crippen molar-refractivity contribution in [2.24, 2.45) is 5.92 Å². The number of benzene rings is 1. The Morgan fingerprint density at radius 1 is 1.33 bits per heavy atom. The van der Waals surface area contributed by atoms with Gasteiger partial charge in [-0.1, -0.05) is 0 Å². The lowest BCUT2D eigenvalue weighted by Gasteiger charge is -2.19. The summed E-state index contributed by atoms with van der Waals surface area (Å²) in [6, 6.07) is 5.72. The monoisotopic (exact) mass is 286 g/mol. The molecule has 0 radical (unpaired) electrons. The second-order valence-electron chi connectivity index (χ2n) is 5.33. The number of aliphatic carboxylic acids is 1. The smallest absolute Gasteiger partial charge is 0.307 e. The third kappa shape index (κ3) is 2.03. The first-order valence-electron chi connectivity index (χ1n) is 6.89. The van der Waals surface area contributed by atoms with Crippen LogP contribution in [0.2, 0.25) is 0 Å². The molecule has 4 rings (SSSR count). The van der Waals surface area contributed by atoms with Gasteiger partial charge < -0.3 is 19.1 Å². The molecule has 0 spiro atoms. The number of aryl methyl sites for hydroxylation is 1. The van der Waals surface area contributed by atoms with E-state index in [1.807, 2.05) is 29.0 Å². The Kier molecular flexibility index (Phi) is 2.63. The van der Waals surface area contributed by atoms with Crippen LogP contribution in [0.4, 0.5) is 0 Å². The van der Waals surface area contributed by atoms with Crippen LogP contribution in [0.1, 0.15) is 12.2 Å². The number of imidazole rings is 1. The third-order valence-corrected chi connectivity index (χ3v) is 4.02. The first kappa shape index (κ1) is 12.3. The van der Waals surface area contributed by atoms with Crippen LogP contribution in [0, 0.1) is 5.92 Å². The molecule has 0 amide bonds. The zero-order valence-corrected chi connectivity index (χ0v) is 11.3. The number of nitrogens with zero attached hydrogens (tertiary/aromatic N) is 2. The molecule has 3 heterocycles. The second kappa shape index (κ2) is 4.51. The zero-order chi connectivity index (χ0) is 14.4. The minimum absolute atomic E-state index is 0.249. The number of hydrogen-bond acceptors (Lipinski definition) is 4. The third-order valence-electron chi connectivity index (χ3n) is 4.02. The van der Waals surface area contributed by atoms with Gasteiger partial charge in [-0.05, 0) is 24.6 Å². The molecule has 2 aliphatic heterocycles. The van der Waals surface area contributed by atoms with Gasteiger partial charge in [0.2, 0.25) is 6.79 Å². The Morgan fingerprint density at radius 2 is 2.19 bits per heavy atom. The van der Waals surface area contributed by atoms with Crippen molar-refractivity contribution in [2.75, 3.05) is 6.79 Å². The highest BCUT2D eigenvalue weighted by Crippen LogP contribution is 2.36. The van der Waals surface area contributed by atoms with Crippen molar-refractivity contribution in [2.45, 2.75) is 19.4 Å². The van der Waals surface area contributed by atoms with Gasteiger partial charge in [0.15, 0.2) is 11.5 Å². The Labute approximate surface area is 120 Å². The lowest BCUT2D eigenvalue weighted by Crippen LogP contribution is -2.25. The number of ether oxygens (including phenoxy) is 2. The summed E-state index contributed by atoms with van der Waals surface area (Å²) >= 11 is 0. The second-order valence-corrected chi connectivity index (χ2v) is 5.33. The highest BCUT2D eigenvalue weighted by atomic mass is 16.7. The molecule has 1 atom stereocenters. The minimum Gasteiger partial charge on any atom is -0.481 e. The first-order chi connectivity index (χ1) is 10.2. The maximum atomic E-state index is 11.1. The lowest BCUT2D eigenvalue weighted by molar-refractivity contribution is -0.142. The van der Waals surface area contributed by atoms with E-state index in [-0.39, 0.29) is 12.7 Å². The van der Waals surface area contributed by atoms with Gasteiger partial charge in [-0.15, -0.1) is 0 Å². The topological polar surface area (TPSA) is 73.6 Å². The van der Waals surface area contributed by atoms with E-state index in [0.717, 1.165) is 28.6 Å². The zero-order valence-electron chi connectivity index (χ0n) is 11.3. The van der Waals surface area contributed by atoms with Crippen molar-refractivity contribution in [3.63, 3.8) is 0 Å². The maximum absolute atomic E-state index is 11.1. The number of carbonyl (C=O) groups is 1. The molecule has 2 aromatic rings. The molecule has 0 saturated carbocycles. The van der Waals surface area contributed by atoms with Crippen LogP contribution in [-0.2, 0) is 17.8 Å². The fraction of sp³-hybridized carbons (Fsp3) is 0.333. The van der Waals surface area contributed by atoms with Crippen molar-refractivity contribution < 1.29 is 19.4 Å². The predicted molar refractivity (Wildman–Crippen MR) is 73.2 cm³/mol. The van der Waals surface area contributed by atoms with Gasteiger partial charge in [-0.2, -0.15) is 0 Å². The molecule has 1 N–H and O–H groups in total. The molecule has 21 heavy (non-hydrogen) atoms. The Hall–Kier alpha value is -2.50. The van der Waals surface area contributed by atoms with E-state index in [1.165, 1.54) is 0 Å². The van der Waals surface area contributed by atoms with Gasteiger partial charge in [0.25, 0.3) is 0 Å². The van der Waals surface area contributed by atoms with E-state index in [2.05, 4.69) is 4.98 Å². The molecule has 0 aliphatic carbocycles. The van der Waals surface area contributed by atoms with Gasteiger partial charge in [0.05, 0.1) is 11.6 Å². The van der Waals surface area contributed by atoms with Crippen molar-refractivity contribution in [1.82, 2.24) is 9.55 Å². The summed E-state index contributed by atoms with van der Waals surface area (Å²) in [6.45, 7) is 0.947. The number of aromatic nitrogens is 2. The average Bonchev–Trinajstić information content (AvgIpc) is 3.11. The van der Waals surface area contributed by atoms with Crippen LogP contribution in [0.15, 0.2) is 24.4 Å². The van der Waals surface area contributed by atoms with Crippen molar-refractivity contribution in [3.8, 4) is 22.8 Å². The molecule has 0 fully saturated rings. The summed E-state index contributed by atoms with van der Waals surface area (Å²) in [7, 11) is 0. The molecule has 6 nitrogen and oxygen atoms in total. The van der Waals surface area contributed by atoms with Gasteiger partial charge in [-0.3, -0.25) is 4.79 Å². The standard InChI is InChI=1S/C15H14N2O4/c18-15(19)10-3-4-17-7-11(16-14(17)6-10)9-1-2-12-13(5-9)21-8-20-12/h1-2,5,7,10H,3-4,6,8H2,(H,18,19). The highest BCUT2D eigenvalue weighted by molar-refractivity contribution is 5.70. The normalized spacial score (nSPS) is 19.3. The van der Waals surface area contributed by atoms with Gasteiger partial charge in [-0.25, -0.2) is 4.98 Å². The Morgan fingerprint density at radius 3 is 3.05 bits per heavy atom. The Bertz CT molecular complexity index is 722. The fourth-order valence-electron chi connectivity index (χ4n) is 2.83. The molecule has 1 aromatic heterocycles. The summed E-state index contributed by atoms with van der Waals surface area (Å²) in [4.78, 5) is 15.7. The Balaban J connectivity index is 1.67. The summed E-state index contributed by atoms with van der Waals surface area (Å²) < 4.78 is 12.7. The molecule has 0 bridgehead atoms. The summed E-state index contributed by atoms with van der Waals surface area (Å²) in [5.74, 6) is 1.23. The fourth-order valence-corrected chi connectivity index (χ4v) is 2.83. The molecular formula is C15H14N2O4. The molecule has 6 heteroatoms. The lowest BCUT2D eigenvalue weighted by atomic mass is 9.98. The molecule has 2 aliphatic rings. The average molecular weight is 286 g/mol. The summed E-state index contributed by atoms with van der Waals surface area (Å²) in [5, 5.41) is 9.13. The maximum Gasteiger partial charge on any atom is 0.307 e. The van der Waals surface area contributed by atoms with Crippen LogP contribution >= 0.6 is 0 Å². The quantitative estimate of drug-likeness (QED) is 0.913. The van der Waals surface area contributed by atoms with Crippen LogP contribution < -0.4 is 9.47 Å². The van der Waals surface area contributed by atoms with E-state index in [1.54, 1.807) is 0 Å². The predicted octanol–water partition coefficient (Wildman–Crippen LogP) is 1.93. The van der Waals surface area contributed by atoms with E-state index in [0.29, 0.717) is 19.4 Å². The number of carboxylic acids is 1. The molecule has 108 valence electrons. The summed E-state index contributed by atoms with van der Waals surface area (Å²) in [5.41, 5.74) is 1.79. The number of fused-ring (bicyclic) bond motifs is 2. The van der Waals surface area contributed by atoms with Crippen LogP contribution in [0.5, 0.6) is 11.5 Å². The number of carboxylic acid groups (broad SMARTS) is 1. The van der Waals surface area contributed by atoms with Gasteiger partial charge >= 0.3 is 5.97 Å². The SMILES string of the molecule is O=C(O)C1CCn2cc(-c3ccc4c(c3)OCO4)nc2C1. The largest absolute Gasteiger partial charge is 0.481 e. The molecule has 0 saturated heterocycles. The minimum atomic E-state index is -0.742. The number of rotatable bonds is 2. The molecular weight excluding hydrogens is 272 g/mol. The van der Waals surface area contributed by atoms with E-state index >= 15 is 0 Å². The van der Waals surface area contributed by atoms with Crippen molar-refractivity contribution in [1.29, 1.82) is 0 Å². The first-order valence-corrected chi connectivity index (χ1v) is 6.89. The van der Waals surface area contributed by atoms with Gasteiger partial charge in [0, 0.05) is 24.7 Å².